The Morgan fingerprint density at radius 1 is 1.16 bits per heavy atom. The molecule has 2 aromatic carbocycles. The van der Waals surface area contributed by atoms with Crippen molar-refractivity contribution >= 4 is 5.91 Å². The molecule has 5 heteroatoms. The van der Waals surface area contributed by atoms with Gasteiger partial charge in [-0.25, -0.2) is 0 Å². The molecule has 3 rings (SSSR count). The smallest absolute Gasteiger partial charge is 0.251 e. The van der Waals surface area contributed by atoms with Crippen molar-refractivity contribution in [1.82, 2.24) is 10.2 Å². The Morgan fingerprint density at radius 3 is 2.60 bits per heavy atom. The van der Waals surface area contributed by atoms with E-state index in [1.165, 1.54) is 0 Å². The van der Waals surface area contributed by atoms with E-state index in [0.717, 1.165) is 16.7 Å². The van der Waals surface area contributed by atoms with Crippen molar-refractivity contribution in [2.24, 2.45) is 0 Å². The third-order valence-corrected chi connectivity index (χ3v) is 4.28. The third kappa shape index (κ3) is 2.78. The number of hydrogen-bond donors (Lipinski definition) is 1. The van der Waals surface area contributed by atoms with Gasteiger partial charge in [0.2, 0.25) is 0 Å². The summed E-state index contributed by atoms with van der Waals surface area (Å²) in [7, 11) is 1.57. The van der Waals surface area contributed by atoms with Crippen molar-refractivity contribution in [2.45, 2.75) is 13.1 Å². The first kappa shape index (κ1) is 16.1. The molecule has 0 aromatic heterocycles. The Bertz CT molecular complexity index is 1000. The molecule has 0 saturated carbocycles. The molecule has 1 aliphatic heterocycles. The number of benzene rings is 2. The third-order valence-electron chi connectivity index (χ3n) is 4.28. The first-order chi connectivity index (χ1) is 12.1. The molecule has 0 atom stereocenters. The predicted molar refractivity (Wildman–Crippen MR) is 92.8 cm³/mol. The average molecular weight is 326 g/mol. The van der Waals surface area contributed by atoms with E-state index < -0.39 is 0 Å². The lowest BCUT2D eigenvalue weighted by molar-refractivity contribution is 0.0963. The first-order valence-corrected chi connectivity index (χ1v) is 7.65. The number of carbonyl (C=O) groups is 1. The molecule has 120 valence electrons. The van der Waals surface area contributed by atoms with Crippen molar-refractivity contribution in [3.8, 4) is 35.7 Å². The fourth-order valence-electron chi connectivity index (χ4n) is 3.06. The van der Waals surface area contributed by atoms with Crippen molar-refractivity contribution in [3.05, 3.63) is 58.1 Å². The fourth-order valence-corrected chi connectivity index (χ4v) is 3.06. The van der Waals surface area contributed by atoms with Crippen LogP contribution >= 0.6 is 0 Å². The quantitative estimate of drug-likeness (QED) is 0.859. The maximum absolute atomic E-state index is 12.1. The summed E-state index contributed by atoms with van der Waals surface area (Å²) in [4.78, 5) is 13.9. The zero-order valence-electron chi connectivity index (χ0n) is 13.6. The molecular formula is C20H14N4O. The van der Waals surface area contributed by atoms with Gasteiger partial charge in [-0.05, 0) is 46.5 Å². The van der Waals surface area contributed by atoms with Gasteiger partial charge in [-0.15, -0.1) is 0 Å². The van der Waals surface area contributed by atoms with Crippen molar-refractivity contribution in [3.63, 3.8) is 0 Å². The SMILES string of the molecule is C#CN1Cc2cc(C(=O)NC)cc(-c3ccc(C#N)cc3C#N)c2C1. The number of nitriles is 2. The minimum Gasteiger partial charge on any atom is -0.355 e. The highest BCUT2D eigenvalue weighted by Gasteiger charge is 2.24. The van der Waals surface area contributed by atoms with Crippen LogP contribution < -0.4 is 5.32 Å². The minimum atomic E-state index is -0.199. The predicted octanol–water partition coefficient (Wildman–Crippen LogP) is 2.36. The van der Waals surface area contributed by atoms with E-state index >= 15 is 0 Å². The van der Waals surface area contributed by atoms with E-state index in [2.05, 4.69) is 17.4 Å². The van der Waals surface area contributed by atoms with Crippen LogP contribution in [0.15, 0.2) is 30.3 Å². The van der Waals surface area contributed by atoms with Crippen LogP contribution in [-0.4, -0.2) is 17.9 Å². The maximum Gasteiger partial charge on any atom is 0.251 e. The van der Waals surface area contributed by atoms with Gasteiger partial charge in [-0.2, -0.15) is 10.5 Å². The Kier molecular flexibility index (Phi) is 4.12. The van der Waals surface area contributed by atoms with Crippen LogP contribution in [0.5, 0.6) is 0 Å². The van der Waals surface area contributed by atoms with E-state index in [-0.39, 0.29) is 5.91 Å². The summed E-state index contributed by atoms with van der Waals surface area (Å²) in [5, 5.41) is 21.2. The van der Waals surface area contributed by atoms with Gasteiger partial charge in [0.25, 0.3) is 5.91 Å². The second-order valence-electron chi connectivity index (χ2n) is 5.71. The second-order valence-corrected chi connectivity index (χ2v) is 5.71. The summed E-state index contributed by atoms with van der Waals surface area (Å²) in [6.07, 6.45) is 5.53. The summed E-state index contributed by atoms with van der Waals surface area (Å²) < 4.78 is 0. The minimum absolute atomic E-state index is 0.199. The first-order valence-electron chi connectivity index (χ1n) is 7.65. The number of amides is 1. The molecule has 0 spiro atoms. The number of rotatable bonds is 2. The molecule has 1 aliphatic rings. The molecule has 1 N–H and O–H groups in total. The Labute approximate surface area is 146 Å². The maximum atomic E-state index is 12.1. The van der Waals surface area contributed by atoms with Crippen LogP contribution in [0.1, 0.15) is 32.6 Å². The number of terminal acetylenes is 1. The lowest BCUT2D eigenvalue weighted by atomic mass is 9.91. The molecule has 0 fully saturated rings. The van der Waals surface area contributed by atoms with Crippen LogP contribution in [0.3, 0.4) is 0 Å². The average Bonchev–Trinajstić information content (AvgIpc) is 3.09. The lowest BCUT2D eigenvalue weighted by Crippen LogP contribution is -2.18. The largest absolute Gasteiger partial charge is 0.355 e. The second kappa shape index (κ2) is 6.40. The van der Waals surface area contributed by atoms with Crippen LogP contribution in [0.2, 0.25) is 0 Å². The van der Waals surface area contributed by atoms with Gasteiger partial charge in [0.1, 0.15) is 0 Å². The van der Waals surface area contributed by atoms with Crippen molar-refractivity contribution in [2.75, 3.05) is 7.05 Å². The molecule has 25 heavy (non-hydrogen) atoms. The van der Waals surface area contributed by atoms with Crippen LogP contribution in [0.25, 0.3) is 11.1 Å². The van der Waals surface area contributed by atoms with Crippen molar-refractivity contribution < 1.29 is 4.79 Å². The molecule has 1 heterocycles. The van der Waals surface area contributed by atoms with Crippen LogP contribution in [-0.2, 0) is 13.1 Å². The number of fused-ring (bicyclic) bond motifs is 1. The van der Waals surface area contributed by atoms with Gasteiger partial charge in [0.05, 0.1) is 36.4 Å². The summed E-state index contributed by atoms with van der Waals surface area (Å²) in [6, 6.07) is 15.4. The highest BCUT2D eigenvalue weighted by Crippen LogP contribution is 2.35. The molecule has 0 aliphatic carbocycles. The molecule has 0 bridgehead atoms. The molecule has 2 aromatic rings. The van der Waals surface area contributed by atoms with Gasteiger partial charge in [0, 0.05) is 18.7 Å². The number of nitrogens with zero attached hydrogens (tertiary/aromatic N) is 3. The summed E-state index contributed by atoms with van der Waals surface area (Å²) in [5.74, 6) is -0.199. The van der Waals surface area contributed by atoms with Crippen LogP contribution in [0, 0.1) is 35.1 Å². The number of hydrogen-bond acceptors (Lipinski definition) is 4. The number of carbonyl (C=O) groups excluding carboxylic acids is 1. The van der Waals surface area contributed by atoms with Gasteiger partial charge >= 0.3 is 0 Å². The van der Waals surface area contributed by atoms with Gasteiger partial charge in [-0.1, -0.05) is 12.5 Å². The standard InChI is InChI=1S/C20H14N4O/c1-3-24-11-16-7-14(20(25)23-2)8-18(19(16)12-24)17-5-4-13(9-21)6-15(17)10-22/h1,4-8H,11-12H2,2H3,(H,23,25). The van der Waals surface area contributed by atoms with E-state index in [4.69, 9.17) is 11.7 Å². The van der Waals surface area contributed by atoms with Gasteiger partial charge in [-0.3, -0.25) is 4.79 Å². The Morgan fingerprint density at radius 2 is 1.96 bits per heavy atom. The zero-order valence-corrected chi connectivity index (χ0v) is 13.6. The van der Waals surface area contributed by atoms with E-state index in [1.807, 2.05) is 17.0 Å². The number of nitrogens with one attached hydrogen (secondary N) is 1. The van der Waals surface area contributed by atoms with Crippen LogP contribution in [0.4, 0.5) is 0 Å². The fraction of sp³-hybridized carbons (Fsp3) is 0.150. The molecule has 0 saturated heterocycles. The zero-order chi connectivity index (χ0) is 18.0. The lowest BCUT2D eigenvalue weighted by Gasteiger charge is -2.13. The van der Waals surface area contributed by atoms with E-state index in [9.17, 15) is 10.1 Å². The van der Waals surface area contributed by atoms with E-state index in [1.54, 1.807) is 31.3 Å². The molecule has 0 unspecified atom stereocenters. The molecule has 0 radical (unpaired) electrons. The Hall–Kier alpha value is -3.75. The Balaban J connectivity index is 2.25. The highest BCUT2D eigenvalue weighted by molar-refractivity contribution is 5.96. The van der Waals surface area contributed by atoms with E-state index in [0.29, 0.717) is 35.3 Å². The normalized spacial score (nSPS) is 11.8. The molecule has 5 nitrogen and oxygen atoms in total. The summed E-state index contributed by atoms with van der Waals surface area (Å²) in [6.45, 7) is 1.11. The molecule has 1 amide bonds. The van der Waals surface area contributed by atoms with Crippen molar-refractivity contribution in [1.29, 1.82) is 10.5 Å². The summed E-state index contributed by atoms with van der Waals surface area (Å²) >= 11 is 0. The highest BCUT2D eigenvalue weighted by atomic mass is 16.1. The van der Waals surface area contributed by atoms with Gasteiger partial charge < -0.3 is 10.2 Å². The summed E-state index contributed by atoms with van der Waals surface area (Å²) in [5.41, 5.74) is 4.81. The molecular weight excluding hydrogens is 312 g/mol. The topological polar surface area (TPSA) is 79.9 Å². The monoisotopic (exact) mass is 326 g/mol. The van der Waals surface area contributed by atoms with Gasteiger partial charge in [0.15, 0.2) is 0 Å².